The highest BCUT2D eigenvalue weighted by Crippen LogP contribution is 2.13. The first-order valence-corrected chi connectivity index (χ1v) is 5.31. The summed E-state index contributed by atoms with van der Waals surface area (Å²) in [5.41, 5.74) is 1.68. The summed E-state index contributed by atoms with van der Waals surface area (Å²) in [5, 5.41) is 7.07. The Kier molecular flexibility index (Phi) is 3.37. The van der Waals surface area contributed by atoms with Gasteiger partial charge in [-0.05, 0) is 30.2 Å². The van der Waals surface area contributed by atoms with E-state index in [2.05, 4.69) is 10.4 Å². The normalized spacial score (nSPS) is 10.5. The number of nitrogens with one attached hydrogen (secondary N) is 1. The van der Waals surface area contributed by atoms with Gasteiger partial charge in [0.25, 0.3) is 0 Å². The van der Waals surface area contributed by atoms with Gasteiger partial charge in [0.1, 0.15) is 0 Å². The van der Waals surface area contributed by atoms with E-state index in [-0.39, 0.29) is 0 Å². The lowest BCUT2D eigenvalue weighted by molar-refractivity contribution is 0.509. The fraction of sp³-hybridized carbons (Fsp3) is 0.250. The van der Waals surface area contributed by atoms with Crippen LogP contribution in [0.3, 0.4) is 0 Å². The van der Waals surface area contributed by atoms with Crippen LogP contribution >= 0.6 is 0 Å². The first kappa shape index (κ1) is 11.6. The van der Waals surface area contributed by atoms with Crippen LogP contribution < -0.4 is 5.32 Å². The number of hydrogen-bond acceptors (Lipinski definition) is 2. The monoisotopic (exact) mass is 237 g/mol. The molecule has 0 aliphatic carbocycles. The number of anilines is 1. The maximum absolute atomic E-state index is 12.9. The molecule has 1 aromatic heterocycles. The quantitative estimate of drug-likeness (QED) is 0.884. The summed E-state index contributed by atoms with van der Waals surface area (Å²) in [6, 6.07) is 3.78. The SMILES string of the molecule is Cn1cc(CCNc2ccc(F)c(F)c2)cn1. The number of benzene rings is 1. The molecule has 0 aliphatic rings. The number of hydrogen-bond donors (Lipinski definition) is 1. The van der Waals surface area contributed by atoms with Crippen molar-refractivity contribution in [2.45, 2.75) is 6.42 Å². The molecule has 0 aliphatic heterocycles. The minimum absolute atomic E-state index is 0.577. The molecule has 0 fully saturated rings. The lowest BCUT2D eigenvalue weighted by Crippen LogP contribution is -2.04. The Bertz CT molecular complexity index is 508. The highest BCUT2D eigenvalue weighted by atomic mass is 19.2. The molecule has 0 spiro atoms. The molecule has 2 rings (SSSR count). The average Bonchev–Trinajstić information content (AvgIpc) is 2.70. The molecule has 3 nitrogen and oxygen atoms in total. The van der Waals surface area contributed by atoms with Crippen molar-refractivity contribution in [2.24, 2.45) is 7.05 Å². The first-order valence-electron chi connectivity index (χ1n) is 5.31. The fourth-order valence-corrected chi connectivity index (χ4v) is 1.56. The molecule has 0 radical (unpaired) electrons. The zero-order valence-corrected chi connectivity index (χ0v) is 9.45. The summed E-state index contributed by atoms with van der Waals surface area (Å²) >= 11 is 0. The van der Waals surface area contributed by atoms with Gasteiger partial charge in [-0.15, -0.1) is 0 Å². The lowest BCUT2D eigenvalue weighted by Gasteiger charge is -2.05. The van der Waals surface area contributed by atoms with Crippen LogP contribution in [0, 0.1) is 11.6 Å². The van der Waals surface area contributed by atoms with Crippen LogP contribution in [0.5, 0.6) is 0 Å². The van der Waals surface area contributed by atoms with Gasteiger partial charge in [0.2, 0.25) is 0 Å². The Hall–Kier alpha value is -1.91. The smallest absolute Gasteiger partial charge is 0.160 e. The Balaban J connectivity index is 1.87. The van der Waals surface area contributed by atoms with E-state index in [0.29, 0.717) is 12.2 Å². The number of nitrogens with zero attached hydrogens (tertiary/aromatic N) is 2. The first-order chi connectivity index (χ1) is 8.15. The molecule has 2 aromatic rings. The minimum Gasteiger partial charge on any atom is -0.385 e. The molecule has 0 atom stereocenters. The van der Waals surface area contributed by atoms with Crippen molar-refractivity contribution in [3.63, 3.8) is 0 Å². The number of rotatable bonds is 4. The van der Waals surface area contributed by atoms with Crippen LogP contribution in [0.25, 0.3) is 0 Å². The second-order valence-electron chi connectivity index (χ2n) is 3.83. The van der Waals surface area contributed by atoms with E-state index in [0.717, 1.165) is 24.1 Å². The Morgan fingerprint density at radius 1 is 1.29 bits per heavy atom. The van der Waals surface area contributed by atoms with Gasteiger partial charge in [0, 0.05) is 25.5 Å². The van der Waals surface area contributed by atoms with Gasteiger partial charge in [-0.1, -0.05) is 0 Å². The lowest BCUT2D eigenvalue weighted by atomic mass is 10.2. The van der Waals surface area contributed by atoms with Crippen molar-refractivity contribution >= 4 is 5.69 Å². The standard InChI is InChI=1S/C12H13F2N3/c1-17-8-9(7-16-17)4-5-15-10-2-3-11(13)12(14)6-10/h2-3,6-8,15H,4-5H2,1H3. The summed E-state index contributed by atoms with van der Waals surface area (Å²) in [6.45, 7) is 0.650. The van der Waals surface area contributed by atoms with E-state index in [1.807, 2.05) is 13.2 Å². The van der Waals surface area contributed by atoms with Crippen molar-refractivity contribution in [1.82, 2.24) is 9.78 Å². The van der Waals surface area contributed by atoms with Crippen molar-refractivity contribution in [2.75, 3.05) is 11.9 Å². The summed E-state index contributed by atoms with van der Waals surface area (Å²) in [5.74, 6) is -1.67. The van der Waals surface area contributed by atoms with Gasteiger partial charge >= 0.3 is 0 Å². The Morgan fingerprint density at radius 3 is 2.76 bits per heavy atom. The Labute approximate surface area is 98.1 Å². The van der Waals surface area contributed by atoms with Gasteiger partial charge in [-0.25, -0.2) is 8.78 Å². The third-order valence-electron chi connectivity index (χ3n) is 2.42. The zero-order chi connectivity index (χ0) is 12.3. The van der Waals surface area contributed by atoms with Crippen molar-refractivity contribution < 1.29 is 8.78 Å². The number of halogens is 2. The zero-order valence-electron chi connectivity index (χ0n) is 9.45. The molecule has 0 unspecified atom stereocenters. The van der Waals surface area contributed by atoms with Crippen LogP contribution in [0.1, 0.15) is 5.56 Å². The maximum atomic E-state index is 12.9. The van der Waals surface area contributed by atoms with Crippen LogP contribution in [-0.2, 0) is 13.5 Å². The second-order valence-corrected chi connectivity index (χ2v) is 3.83. The van der Waals surface area contributed by atoms with Crippen LogP contribution in [0.4, 0.5) is 14.5 Å². The third kappa shape index (κ3) is 3.03. The van der Waals surface area contributed by atoms with E-state index >= 15 is 0 Å². The van der Waals surface area contributed by atoms with E-state index in [1.165, 1.54) is 6.07 Å². The van der Waals surface area contributed by atoms with Crippen molar-refractivity contribution in [1.29, 1.82) is 0 Å². The summed E-state index contributed by atoms with van der Waals surface area (Å²) in [4.78, 5) is 0. The van der Waals surface area contributed by atoms with E-state index in [9.17, 15) is 8.78 Å². The van der Waals surface area contributed by atoms with Crippen molar-refractivity contribution in [3.05, 3.63) is 47.8 Å². The molecule has 17 heavy (non-hydrogen) atoms. The molecule has 0 saturated heterocycles. The molecule has 1 N–H and O–H groups in total. The largest absolute Gasteiger partial charge is 0.385 e. The van der Waals surface area contributed by atoms with Gasteiger partial charge in [0.15, 0.2) is 11.6 Å². The number of aromatic nitrogens is 2. The molecule has 5 heteroatoms. The number of aryl methyl sites for hydroxylation is 1. The molecule has 0 bridgehead atoms. The highest BCUT2D eigenvalue weighted by Gasteiger charge is 2.02. The van der Waals surface area contributed by atoms with Crippen LogP contribution in [0.15, 0.2) is 30.6 Å². The van der Waals surface area contributed by atoms with E-state index in [4.69, 9.17) is 0 Å². The highest BCUT2D eigenvalue weighted by molar-refractivity contribution is 5.43. The molecule has 1 heterocycles. The second kappa shape index (κ2) is 4.95. The summed E-state index contributed by atoms with van der Waals surface area (Å²) < 4.78 is 27.3. The molecular weight excluding hydrogens is 224 g/mol. The van der Waals surface area contributed by atoms with Crippen LogP contribution in [0.2, 0.25) is 0 Å². The molecular formula is C12H13F2N3. The van der Waals surface area contributed by atoms with E-state index in [1.54, 1.807) is 10.9 Å². The molecule has 0 amide bonds. The fourth-order valence-electron chi connectivity index (χ4n) is 1.56. The third-order valence-corrected chi connectivity index (χ3v) is 2.42. The van der Waals surface area contributed by atoms with E-state index < -0.39 is 11.6 Å². The van der Waals surface area contributed by atoms with Gasteiger partial charge in [-0.2, -0.15) is 5.10 Å². The molecule has 0 saturated carbocycles. The van der Waals surface area contributed by atoms with Crippen molar-refractivity contribution in [3.8, 4) is 0 Å². The van der Waals surface area contributed by atoms with Crippen LogP contribution in [-0.4, -0.2) is 16.3 Å². The Morgan fingerprint density at radius 2 is 2.12 bits per heavy atom. The van der Waals surface area contributed by atoms with Gasteiger partial charge < -0.3 is 5.32 Å². The predicted octanol–water partition coefficient (Wildman–Crippen LogP) is 2.35. The molecule has 90 valence electrons. The minimum atomic E-state index is -0.837. The summed E-state index contributed by atoms with van der Waals surface area (Å²) in [7, 11) is 1.85. The topological polar surface area (TPSA) is 29.9 Å². The molecule has 1 aromatic carbocycles. The van der Waals surface area contributed by atoms with Gasteiger partial charge in [-0.3, -0.25) is 4.68 Å². The van der Waals surface area contributed by atoms with Gasteiger partial charge in [0.05, 0.1) is 6.20 Å². The summed E-state index contributed by atoms with van der Waals surface area (Å²) in [6.07, 6.45) is 4.49. The predicted molar refractivity (Wildman–Crippen MR) is 61.8 cm³/mol. The average molecular weight is 237 g/mol. The maximum Gasteiger partial charge on any atom is 0.160 e.